The van der Waals surface area contributed by atoms with Crippen molar-refractivity contribution < 1.29 is 4.74 Å². The molecule has 66 valence electrons. The van der Waals surface area contributed by atoms with Gasteiger partial charge in [0.05, 0.1) is 23.7 Å². The minimum absolute atomic E-state index is 0.414. The minimum Gasteiger partial charge on any atom is -0.489 e. The lowest BCUT2D eigenvalue weighted by Crippen LogP contribution is -2.03. The van der Waals surface area contributed by atoms with Crippen LogP contribution in [0.15, 0.2) is 12.1 Å². The molecule has 0 bridgehead atoms. The van der Waals surface area contributed by atoms with E-state index in [1.807, 2.05) is 6.92 Å². The third-order valence-corrected chi connectivity index (χ3v) is 1.55. The average molecular weight is 167 g/mol. The molecule has 0 radical (unpaired) electrons. The van der Waals surface area contributed by atoms with Crippen LogP contribution in [0.2, 0.25) is 0 Å². The highest BCUT2D eigenvalue weighted by Gasteiger charge is 2.06. The van der Waals surface area contributed by atoms with Crippen molar-refractivity contribution in [2.45, 2.75) is 6.92 Å². The highest BCUT2D eigenvalue weighted by Crippen LogP contribution is 2.33. The van der Waals surface area contributed by atoms with Crippen LogP contribution >= 0.6 is 0 Å². The van der Waals surface area contributed by atoms with Crippen LogP contribution in [0.25, 0.3) is 0 Å². The monoisotopic (exact) mass is 167 g/mol. The van der Waals surface area contributed by atoms with E-state index in [2.05, 4.69) is 0 Å². The van der Waals surface area contributed by atoms with Crippen LogP contribution in [0.5, 0.6) is 5.75 Å². The smallest absolute Gasteiger partial charge is 0.167 e. The third kappa shape index (κ3) is 1.37. The molecule has 4 nitrogen and oxygen atoms in total. The molecule has 0 heterocycles. The van der Waals surface area contributed by atoms with Gasteiger partial charge in [0, 0.05) is 0 Å². The van der Waals surface area contributed by atoms with Gasteiger partial charge in [-0.2, -0.15) is 0 Å². The van der Waals surface area contributed by atoms with Gasteiger partial charge in [0.25, 0.3) is 0 Å². The van der Waals surface area contributed by atoms with Crippen LogP contribution in [0, 0.1) is 0 Å². The summed E-state index contributed by atoms with van der Waals surface area (Å²) >= 11 is 0. The lowest BCUT2D eigenvalue weighted by Gasteiger charge is -2.10. The molecule has 0 saturated carbocycles. The summed E-state index contributed by atoms with van der Waals surface area (Å²) < 4.78 is 5.22. The zero-order chi connectivity index (χ0) is 9.14. The van der Waals surface area contributed by atoms with Crippen molar-refractivity contribution >= 4 is 17.1 Å². The second-order valence-electron chi connectivity index (χ2n) is 2.42. The number of hydrogen-bond donors (Lipinski definition) is 3. The topological polar surface area (TPSA) is 87.3 Å². The zero-order valence-corrected chi connectivity index (χ0v) is 7.00. The van der Waals surface area contributed by atoms with E-state index in [1.165, 1.54) is 0 Å². The molecule has 1 aromatic carbocycles. The van der Waals surface area contributed by atoms with E-state index in [0.717, 1.165) is 0 Å². The van der Waals surface area contributed by atoms with E-state index >= 15 is 0 Å². The Morgan fingerprint density at radius 1 is 1.17 bits per heavy atom. The Kier molecular flexibility index (Phi) is 2.28. The molecular formula is C8H13N3O. The van der Waals surface area contributed by atoms with Crippen molar-refractivity contribution in [3.63, 3.8) is 0 Å². The molecule has 12 heavy (non-hydrogen) atoms. The first-order valence-electron chi connectivity index (χ1n) is 3.73. The summed E-state index contributed by atoms with van der Waals surface area (Å²) in [5.74, 6) is 0.484. The maximum Gasteiger partial charge on any atom is 0.167 e. The van der Waals surface area contributed by atoms with E-state index in [0.29, 0.717) is 29.4 Å². The Hall–Kier alpha value is -1.58. The Morgan fingerprint density at radius 3 is 2.33 bits per heavy atom. The Bertz CT molecular complexity index is 286. The summed E-state index contributed by atoms with van der Waals surface area (Å²) in [5, 5.41) is 0. The van der Waals surface area contributed by atoms with E-state index in [-0.39, 0.29) is 0 Å². The van der Waals surface area contributed by atoms with Crippen molar-refractivity contribution in [3.8, 4) is 5.75 Å². The van der Waals surface area contributed by atoms with Crippen molar-refractivity contribution in [1.29, 1.82) is 0 Å². The van der Waals surface area contributed by atoms with Crippen LogP contribution in [0.4, 0.5) is 17.1 Å². The van der Waals surface area contributed by atoms with Gasteiger partial charge in [-0.1, -0.05) is 0 Å². The van der Waals surface area contributed by atoms with Gasteiger partial charge >= 0.3 is 0 Å². The van der Waals surface area contributed by atoms with Crippen LogP contribution < -0.4 is 21.9 Å². The van der Waals surface area contributed by atoms with Gasteiger partial charge < -0.3 is 21.9 Å². The summed E-state index contributed by atoms with van der Waals surface area (Å²) in [4.78, 5) is 0. The maximum absolute atomic E-state index is 5.64. The molecule has 0 aliphatic carbocycles. The fourth-order valence-electron chi connectivity index (χ4n) is 0.937. The van der Waals surface area contributed by atoms with Crippen LogP contribution in [0.1, 0.15) is 6.92 Å². The molecule has 0 aromatic heterocycles. The molecular weight excluding hydrogens is 154 g/mol. The lowest BCUT2D eigenvalue weighted by atomic mass is 10.2. The molecule has 4 heteroatoms. The highest BCUT2D eigenvalue weighted by molar-refractivity contribution is 5.78. The minimum atomic E-state index is 0.414. The quantitative estimate of drug-likeness (QED) is 0.569. The van der Waals surface area contributed by atoms with Crippen molar-refractivity contribution in [2.24, 2.45) is 0 Å². The predicted molar refractivity (Wildman–Crippen MR) is 50.8 cm³/mol. The van der Waals surface area contributed by atoms with Crippen molar-refractivity contribution in [2.75, 3.05) is 23.8 Å². The Morgan fingerprint density at radius 2 is 1.75 bits per heavy atom. The van der Waals surface area contributed by atoms with Gasteiger partial charge in [-0.05, 0) is 19.1 Å². The molecule has 0 aliphatic rings. The normalized spacial score (nSPS) is 9.75. The average Bonchev–Trinajstić information content (AvgIpc) is 2.06. The molecule has 6 N–H and O–H groups in total. The maximum atomic E-state index is 5.64. The number of benzene rings is 1. The summed E-state index contributed by atoms with van der Waals surface area (Å²) in [6, 6.07) is 3.34. The van der Waals surface area contributed by atoms with Crippen LogP contribution in [0.3, 0.4) is 0 Å². The van der Waals surface area contributed by atoms with Gasteiger partial charge in [0.15, 0.2) is 5.75 Å². The van der Waals surface area contributed by atoms with E-state index in [4.69, 9.17) is 21.9 Å². The molecule has 0 atom stereocenters. The number of nitrogen functional groups attached to an aromatic ring is 3. The molecule has 0 unspecified atom stereocenters. The molecule has 0 amide bonds. The second-order valence-corrected chi connectivity index (χ2v) is 2.42. The number of rotatable bonds is 2. The van der Waals surface area contributed by atoms with Crippen LogP contribution in [-0.4, -0.2) is 6.61 Å². The largest absolute Gasteiger partial charge is 0.489 e. The van der Waals surface area contributed by atoms with Gasteiger partial charge in [-0.25, -0.2) is 0 Å². The van der Waals surface area contributed by atoms with Gasteiger partial charge in [-0.15, -0.1) is 0 Å². The fourth-order valence-corrected chi connectivity index (χ4v) is 0.937. The Balaban J connectivity index is 3.14. The first kappa shape index (κ1) is 8.52. The van der Waals surface area contributed by atoms with E-state index in [9.17, 15) is 0 Å². The standard InChI is InChI=1S/C8H13N3O/c1-2-12-8-6(10)4-3-5(9)7(8)11/h3-4H,2,9-11H2,1H3. The fraction of sp³-hybridized carbons (Fsp3) is 0.250. The van der Waals surface area contributed by atoms with Crippen LogP contribution in [-0.2, 0) is 0 Å². The molecule has 1 rings (SSSR count). The van der Waals surface area contributed by atoms with Crippen molar-refractivity contribution in [1.82, 2.24) is 0 Å². The van der Waals surface area contributed by atoms with Gasteiger partial charge in [0.2, 0.25) is 0 Å². The number of ether oxygens (including phenoxy) is 1. The number of hydrogen-bond acceptors (Lipinski definition) is 4. The first-order chi connectivity index (χ1) is 5.66. The summed E-state index contributed by atoms with van der Waals surface area (Å²) in [7, 11) is 0. The number of nitrogens with two attached hydrogens (primary N) is 3. The lowest BCUT2D eigenvalue weighted by molar-refractivity contribution is 0.344. The highest BCUT2D eigenvalue weighted by atomic mass is 16.5. The predicted octanol–water partition coefficient (Wildman–Crippen LogP) is 0.832. The molecule has 0 aliphatic heterocycles. The SMILES string of the molecule is CCOc1c(N)ccc(N)c1N. The summed E-state index contributed by atoms with van der Waals surface area (Å²) in [6.07, 6.45) is 0. The van der Waals surface area contributed by atoms with Gasteiger partial charge in [0.1, 0.15) is 0 Å². The van der Waals surface area contributed by atoms with Crippen molar-refractivity contribution in [3.05, 3.63) is 12.1 Å². The van der Waals surface area contributed by atoms with E-state index < -0.39 is 0 Å². The van der Waals surface area contributed by atoms with E-state index in [1.54, 1.807) is 12.1 Å². The number of anilines is 3. The third-order valence-electron chi connectivity index (χ3n) is 1.55. The molecule has 0 saturated heterocycles. The molecule has 0 spiro atoms. The molecule has 1 aromatic rings. The zero-order valence-electron chi connectivity index (χ0n) is 7.00. The Labute approximate surface area is 71.3 Å². The first-order valence-corrected chi connectivity index (χ1v) is 3.73. The summed E-state index contributed by atoms with van der Waals surface area (Å²) in [5.41, 5.74) is 18.2. The van der Waals surface area contributed by atoms with Gasteiger partial charge in [-0.3, -0.25) is 0 Å². The second kappa shape index (κ2) is 3.21. The molecule has 0 fully saturated rings. The summed E-state index contributed by atoms with van der Waals surface area (Å²) in [6.45, 7) is 2.39.